The predicted octanol–water partition coefficient (Wildman–Crippen LogP) is 1.15. The lowest BCUT2D eigenvalue weighted by molar-refractivity contribution is 0.612. The molecule has 13 heavy (non-hydrogen) atoms. The van der Waals surface area contributed by atoms with E-state index in [1.807, 2.05) is 0 Å². The molecular weight excluding hydrogens is 162 g/mol. The Hall–Kier alpha value is -1.40. The summed E-state index contributed by atoms with van der Waals surface area (Å²) < 4.78 is 0. The summed E-state index contributed by atoms with van der Waals surface area (Å²) in [5.74, 6) is 2.64. The van der Waals surface area contributed by atoms with Crippen molar-refractivity contribution in [3.05, 3.63) is 24.3 Å². The van der Waals surface area contributed by atoms with E-state index < -0.39 is 0 Å². The van der Waals surface area contributed by atoms with E-state index >= 15 is 0 Å². The average molecular weight is 175 g/mol. The van der Waals surface area contributed by atoms with Crippen LogP contribution in [0.1, 0.15) is 25.1 Å². The summed E-state index contributed by atoms with van der Waals surface area (Å²) in [4.78, 5) is 8.10. The van der Waals surface area contributed by atoms with Crippen molar-refractivity contribution in [2.75, 3.05) is 6.54 Å². The van der Waals surface area contributed by atoms with Gasteiger partial charge in [0.25, 0.3) is 0 Å². The summed E-state index contributed by atoms with van der Waals surface area (Å²) in [6, 6.07) is -0.117. The van der Waals surface area contributed by atoms with E-state index in [2.05, 4.69) is 28.1 Å². The fraction of sp³-hybridized carbons (Fsp3) is 0.400. The zero-order valence-electron chi connectivity index (χ0n) is 7.70. The van der Waals surface area contributed by atoms with E-state index in [1.54, 1.807) is 18.6 Å². The molecule has 0 aliphatic heterocycles. The van der Waals surface area contributed by atoms with Gasteiger partial charge in [-0.05, 0) is 13.0 Å². The number of nitrogens with one attached hydrogen (secondary N) is 1. The Balaban J connectivity index is 2.63. The molecule has 1 rings (SSSR count). The van der Waals surface area contributed by atoms with Crippen LogP contribution in [0.5, 0.6) is 0 Å². The molecule has 1 heterocycles. The van der Waals surface area contributed by atoms with Gasteiger partial charge in [0.1, 0.15) is 6.04 Å². The average Bonchev–Trinajstić information content (AvgIpc) is 2.21. The summed E-state index contributed by atoms with van der Waals surface area (Å²) in [7, 11) is 0. The molecule has 0 bridgehead atoms. The molecule has 0 fully saturated rings. The minimum atomic E-state index is -0.117. The van der Waals surface area contributed by atoms with Crippen LogP contribution in [0.2, 0.25) is 0 Å². The molecule has 1 unspecified atom stereocenters. The van der Waals surface area contributed by atoms with Gasteiger partial charge >= 0.3 is 0 Å². The lowest BCUT2D eigenvalue weighted by Gasteiger charge is -2.10. The standard InChI is InChI=1S/C10H13N3/c1-3-5-12-9(4-2)10-8-11-6-7-13-10/h2,6-9,12H,3,5H2,1H3. The van der Waals surface area contributed by atoms with Crippen molar-refractivity contribution in [2.24, 2.45) is 0 Å². The van der Waals surface area contributed by atoms with Crippen LogP contribution < -0.4 is 5.32 Å². The van der Waals surface area contributed by atoms with Crippen LogP contribution in [0.3, 0.4) is 0 Å². The van der Waals surface area contributed by atoms with E-state index in [0.717, 1.165) is 18.7 Å². The highest BCUT2D eigenvalue weighted by molar-refractivity contribution is 5.14. The quantitative estimate of drug-likeness (QED) is 0.697. The summed E-state index contributed by atoms with van der Waals surface area (Å²) in [5, 5.41) is 3.20. The third kappa shape index (κ3) is 2.85. The fourth-order valence-corrected chi connectivity index (χ4v) is 0.997. The van der Waals surface area contributed by atoms with Crippen LogP contribution in [-0.2, 0) is 0 Å². The highest BCUT2D eigenvalue weighted by Crippen LogP contribution is 2.05. The highest BCUT2D eigenvalue weighted by atomic mass is 14.9. The van der Waals surface area contributed by atoms with Gasteiger partial charge in [0.15, 0.2) is 0 Å². The van der Waals surface area contributed by atoms with Crippen molar-refractivity contribution >= 4 is 0 Å². The molecule has 3 heteroatoms. The molecule has 3 nitrogen and oxygen atoms in total. The second-order valence-corrected chi connectivity index (χ2v) is 2.68. The number of terminal acetylenes is 1. The molecule has 0 aliphatic carbocycles. The Labute approximate surface area is 78.6 Å². The molecule has 0 saturated carbocycles. The second-order valence-electron chi connectivity index (χ2n) is 2.68. The lowest BCUT2D eigenvalue weighted by atomic mass is 10.2. The minimum Gasteiger partial charge on any atom is -0.299 e. The highest BCUT2D eigenvalue weighted by Gasteiger charge is 2.06. The predicted molar refractivity (Wildman–Crippen MR) is 51.9 cm³/mol. The van der Waals surface area contributed by atoms with Gasteiger partial charge in [-0.3, -0.25) is 15.3 Å². The van der Waals surface area contributed by atoms with Gasteiger partial charge in [-0.25, -0.2) is 0 Å². The van der Waals surface area contributed by atoms with E-state index in [-0.39, 0.29) is 6.04 Å². The van der Waals surface area contributed by atoms with Crippen LogP contribution in [0, 0.1) is 12.3 Å². The summed E-state index contributed by atoms with van der Waals surface area (Å²) in [5.41, 5.74) is 0.804. The van der Waals surface area contributed by atoms with Gasteiger partial charge in [0.05, 0.1) is 11.9 Å². The fourth-order valence-electron chi connectivity index (χ4n) is 0.997. The van der Waals surface area contributed by atoms with Crippen molar-refractivity contribution in [3.63, 3.8) is 0 Å². The van der Waals surface area contributed by atoms with Crippen molar-refractivity contribution in [2.45, 2.75) is 19.4 Å². The molecule has 0 radical (unpaired) electrons. The van der Waals surface area contributed by atoms with Gasteiger partial charge in [-0.2, -0.15) is 0 Å². The first-order chi connectivity index (χ1) is 6.38. The van der Waals surface area contributed by atoms with Crippen LogP contribution in [0.15, 0.2) is 18.6 Å². The van der Waals surface area contributed by atoms with Gasteiger partial charge in [0.2, 0.25) is 0 Å². The maximum Gasteiger partial charge on any atom is 0.113 e. The number of rotatable bonds is 4. The van der Waals surface area contributed by atoms with Crippen molar-refractivity contribution in [3.8, 4) is 12.3 Å². The number of aromatic nitrogens is 2. The molecule has 1 aromatic heterocycles. The zero-order valence-corrected chi connectivity index (χ0v) is 7.70. The second kappa shape index (κ2) is 5.28. The van der Waals surface area contributed by atoms with Crippen LogP contribution in [0.25, 0.3) is 0 Å². The normalized spacial score (nSPS) is 12.0. The third-order valence-corrected chi connectivity index (χ3v) is 1.64. The van der Waals surface area contributed by atoms with Gasteiger partial charge in [-0.1, -0.05) is 12.8 Å². The largest absolute Gasteiger partial charge is 0.299 e. The summed E-state index contributed by atoms with van der Waals surface area (Å²) in [6.45, 7) is 2.99. The molecule has 0 aliphatic rings. The first kappa shape index (κ1) is 9.69. The van der Waals surface area contributed by atoms with Gasteiger partial charge < -0.3 is 0 Å². The zero-order chi connectivity index (χ0) is 9.52. The number of nitrogens with zero attached hydrogens (tertiary/aromatic N) is 2. The van der Waals surface area contributed by atoms with E-state index in [1.165, 1.54) is 0 Å². The third-order valence-electron chi connectivity index (χ3n) is 1.64. The molecule has 68 valence electrons. The van der Waals surface area contributed by atoms with Crippen LogP contribution in [0.4, 0.5) is 0 Å². The Morgan fingerprint density at radius 3 is 3.00 bits per heavy atom. The maximum absolute atomic E-state index is 5.37. The first-order valence-electron chi connectivity index (χ1n) is 4.34. The molecule has 0 spiro atoms. The molecule has 0 saturated heterocycles. The maximum atomic E-state index is 5.37. The molecule has 1 aromatic rings. The minimum absolute atomic E-state index is 0.117. The molecule has 0 amide bonds. The van der Waals surface area contributed by atoms with Crippen molar-refractivity contribution < 1.29 is 0 Å². The molecule has 1 atom stereocenters. The van der Waals surface area contributed by atoms with E-state index in [4.69, 9.17) is 6.42 Å². The van der Waals surface area contributed by atoms with Crippen molar-refractivity contribution in [1.29, 1.82) is 0 Å². The lowest BCUT2D eigenvalue weighted by Crippen LogP contribution is -2.21. The number of hydrogen-bond acceptors (Lipinski definition) is 3. The summed E-state index contributed by atoms with van der Waals surface area (Å²) >= 11 is 0. The Morgan fingerprint density at radius 2 is 2.46 bits per heavy atom. The van der Waals surface area contributed by atoms with E-state index in [9.17, 15) is 0 Å². The Morgan fingerprint density at radius 1 is 1.62 bits per heavy atom. The molecular formula is C10H13N3. The van der Waals surface area contributed by atoms with Gasteiger partial charge in [-0.15, -0.1) is 6.42 Å². The molecule has 0 aromatic carbocycles. The number of hydrogen-bond donors (Lipinski definition) is 1. The first-order valence-corrected chi connectivity index (χ1v) is 4.34. The Bertz CT molecular complexity index is 276. The topological polar surface area (TPSA) is 37.8 Å². The van der Waals surface area contributed by atoms with Crippen LogP contribution in [-0.4, -0.2) is 16.5 Å². The van der Waals surface area contributed by atoms with Crippen molar-refractivity contribution in [1.82, 2.24) is 15.3 Å². The smallest absolute Gasteiger partial charge is 0.113 e. The van der Waals surface area contributed by atoms with Gasteiger partial charge in [0, 0.05) is 12.4 Å². The molecule has 1 N–H and O–H groups in total. The van der Waals surface area contributed by atoms with Crippen LogP contribution >= 0.6 is 0 Å². The monoisotopic (exact) mass is 175 g/mol. The summed E-state index contributed by atoms with van der Waals surface area (Å²) in [6.07, 6.45) is 11.4. The SMILES string of the molecule is C#CC(NCCC)c1cnccn1. The Kier molecular flexibility index (Phi) is 3.94. The van der Waals surface area contributed by atoms with E-state index in [0.29, 0.717) is 0 Å².